The van der Waals surface area contributed by atoms with E-state index in [4.69, 9.17) is 13.6 Å². The van der Waals surface area contributed by atoms with Crippen LogP contribution in [0.3, 0.4) is 0 Å². The van der Waals surface area contributed by atoms with E-state index in [0.29, 0.717) is 30.7 Å². The van der Waals surface area contributed by atoms with Gasteiger partial charge in [-0.1, -0.05) is 6.07 Å². The molecule has 0 saturated heterocycles. The van der Waals surface area contributed by atoms with Gasteiger partial charge in [0.15, 0.2) is 17.3 Å². The summed E-state index contributed by atoms with van der Waals surface area (Å²) < 4.78 is 16.1. The van der Waals surface area contributed by atoms with E-state index in [1.807, 2.05) is 12.1 Å². The predicted octanol–water partition coefficient (Wildman–Crippen LogP) is 3.23. The number of furan rings is 1. The first kappa shape index (κ1) is 22.0. The Morgan fingerprint density at radius 2 is 2.03 bits per heavy atom. The van der Waals surface area contributed by atoms with Crippen molar-refractivity contribution in [2.24, 2.45) is 0 Å². The summed E-state index contributed by atoms with van der Waals surface area (Å²) in [6.45, 7) is 2.03. The molecule has 2 heterocycles. The summed E-state index contributed by atoms with van der Waals surface area (Å²) in [5.41, 5.74) is -0.0437. The fourth-order valence-electron chi connectivity index (χ4n) is 3.34. The third kappa shape index (κ3) is 5.48. The van der Waals surface area contributed by atoms with Crippen molar-refractivity contribution in [2.45, 2.75) is 32.1 Å². The number of nitrogens with one attached hydrogen (secondary N) is 1. The fourth-order valence-corrected chi connectivity index (χ4v) is 3.34. The van der Waals surface area contributed by atoms with E-state index in [2.05, 4.69) is 5.32 Å². The molecule has 1 aromatic carbocycles. The second-order valence-electron chi connectivity index (χ2n) is 7.16. The summed E-state index contributed by atoms with van der Waals surface area (Å²) in [6.07, 6.45) is 2.92. The average Bonchev–Trinajstić information content (AvgIpc) is 3.26. The van der Waals surface area contributed by atoms with Crippen LogP contribution < -0.4 is 15.5 Å². The number of ether oxygens (including phenoxy) is 1. The Balaban J connectivity index is 1.81. The molecule has 0 aliphatic rings. The predicted molar refractivity (Wildman–Crippen MR) is 113 cm³/mol. The van der Waals surface area contributed by atoms with Gasteiger partial charge in [0, 0.05) is 25.5 Å². The second-order valence-corrected chi connectivity index (χ2v) is 7.16. The lowest BCUT2D eigenvalue weighted by Gasteiger charge is -2.19. The molecular weight excluding hydrogens is 402 g/mol. The van der Waals surface area contributed by atoms with Crippen LogP contribution in [-0.2, 0) is 11.2 Å². The van der Waals surface area contributed by atoms with Crippen LogP contribution in [-0.4, -0.2) is 29.8 Å². The smallest absolute Gasteiger partial charge is 0.227 e. The van der Waals surface area contributed by atoms with Gasteiger partial charge in [0.05, 0.1) is 19.3 Å². The van der Waals surface area contributed by atoms with Crippen LogP contribution in [0.1, 0.15) is 41.6 Å². The first-order valence-corrected chi connectivity index (χ1v) is 9.88. The summed E-state index contributed by atoms with van der Waals surface area (Å²) >= 11 is 0. The number of carbonyl (C=O) groups is 1. The molecule has 0 bridgehead atoms. The SMILES string of the molecule is COc1cc(C(CC(=O)NCCCc2ccco2)c2oc(C)cc(=O)c2O)ccc1O. The molecule has 0 fully saturated rings. The molecule has 31 heavy (non-hydrogen) atoms. The highest BCUT2D eigenvalue weighted by Crippen LogP contribution is 2.37. The number of amides is 1. The molecule has 3 aromatic rings. The van der Waals surface area contributed by atoms with Crippen LogP contribution in [0.25, 0.3) is 0 Å². The zero-order chi connectivity index (χ0) is 22.4. The second kappa shape index (κ2) is 9.88. The molecule has 1 atom stereocenters. The lowest BCUT2D eigenvalue weighted by Crippen LogP contribution is -2.27. The van der Waals surface area contributed by atoms with E-state index in [0.717, 1.165) is 5.76 Å². The number of carbonyl (C=O) groups excluding carboxylic acids is 1. The van der Waals surface area contributed by atoms with Crippen molar-refractivity contribution in [3.63, 3.8) is 0 Å². The van der Waals surface area contributed by atoms with E-state index in [-0.39, 0.29) is 29.6 Å². The number of benzene rings is 1. The topological polar surface area (TPSA) is 122 Å². The molecule has 0 radical (unpaired) electrons. The van der Waals surface area contributed by atoms with Gasteiger partial charge in [-0.2, -0.15) is 0 Å². The Kier molecular flexibility index (Phi) is 7.02. The van der Waals surface area contributed by atoms with Crippen molar-refractivity contribution in [3.8, 4) is 17.2 Å². The largest absolute Gasteiger partial charge is 0.504 e. The molecule has 8 nitrogen and oxygen atoms in total. The molecule has 0 aliphatic heterocycles. The van der Waals surface area contributed by atoms with Gasteiger partial charge < -0.3 is 29.1 Å². The normalized spacial score (nSPS) is 11.8. The molecule has 0 spiro atoms. The van der Waals surface area contributed by atoms with Crippen LogP contribution in [0.4, 0.5) is 0 Å². The lowest BCUT2D eigenvalue weighted by atomic mass is 9.91. The number of aryl methyl sites for hydroxylation is 2. The Labute approximate surface area is 179 Å². The van der Waals surface area contributed by atoms with Crippen molar-refractivity contribution in [2.75, 3.05) is 13.7 Å². The first-order valence-electron chi connectivity index (χ1n) is 9.88. The number of phenolic OH excluding ortho intramolecular Hbond substituents is 1. The standard InChI is InChI=1S/C23H25NO7/c1-14-11-19(26)22(28)23(31-14)17(15-7-8-18(25)20(12-15)29-2)13-21(27)24-9-3-5-16-6-4-10-30-16/h4,6-8,10-12,17,25,28H,3,5,9,13H2,1-2H3,(H,24,27). The van der Waals surface area contributed by atoms with Gasteiger partial charge in [0.25, 0.3) is 0 Å². The van der Waals surface area contributed by atoms with Crippen molar-refractivity contribution < 1.29 is 28.6 Å². The highest BCUT2D eigenvalue weighted by molar-refractivity contribution is 5.77. The number of hydrogen-bond donors (Lipinski definition) is 3. The summed E-state index contributed by atoms with van der Waals surface area (Å²) in [7, 11) is 1.41. The van der Waals surface area contributed by atoms with Gasteiger partial charge >= 0.3 is 0 Å². The van der Waals surface area contributed by atoms with Gasteiger partial charge in [-0.15, -0.1) is 0 Å². The maximum atomic E-state index is 12.6. The Bertz CT molecular complexity index is 1090. The molecule has 3 N–H and O–H groups in total. The molecule has 1 unspecified atom stereocenters. The minimum Gasteiger partial charge on any atom is -0.504 e. The zero-order valence-electron chi connectivity index (χ0n) is 17.4. The minimum absolute atomic E-state index is 0.0107. The number of rotatable bonds is 9. The van der Waals surface area contributed by atoms with Gasteiger partial charge in [-0.05, 0) is 43.2 Å². The van der Waals surface area contributed by atoms with Crippen molar-refractivity contribution >= 4 is 5.91 Å². The monoisotopic (exact) mass is 427 g/mol. The van der Waals surface area contributed by atoms with Crippen LogP contribution in [0.15, 0.2) is 56.3 Å². The summed E-state index contributed by atoms with van der Waals surface area (Å²) in [5, 5.41) is 23.1. The van der Waals surface area contributed by atoms with E-state index in [9.17, 15) is 19.8 Å². The average molecular weight is 427 g/mol. The molecule has 3 rings (SSSR count). The van der Waals surface area contributed by atoms with E-state index < -0.39 is 17.1 Å². The van der Waals surface area contributed by atoms with Crippen molar-refractivity contribution in [1.82, 2.24) is 5.32 Å². The van der Waals surface area contributed by atoms with Gasteiger partial charge in [-0.3, -0.25) is 9.59 Å². The third-order valence-corrected chi connectivity index (χ3v) is 4.89. The Hall–Kier alpha value is -3.68. The Morgan fingerprint density at radius 1 is 1.23 bits per heavy atom. The van der Waals surface area contributed by atoms with E-state index >= 15 is 0 Å². The lowest BCUT2D eigenvalue weighted by molar-refractivity contribution is -0.121. The molecule has 8 heteroatoms. The molecule has 2 aromatic heterocycles. The van der Waals surface area contributed by atoms with Gasteiger partial charge in [0.1, 0.15) is 11.5 Å². The molecular formula is C23H25NO7. The third-order valence-electron chi connectivity index (χ3n) is 4.89. The van der Waals surface area contributed by atoms with Crippen LogP contribution in [0.5, 0.6) is 17.2 Å². The summed E-state index contributed by atoms with van der Waals surface area (Å²) in [5.74, 6) is -0.302. The van der Waals surface area contributed by atoms with Crippen molar-refractivity contribution in [3.05, 3.63) is 75.7 Å². The number of hydrogen-bond acceptors (Lipinski definition) is 7. The van der Waals surface area contributed by atoms with Crippen LogP contribution in [0, 0.1) is 6.92 Å². The molecule has 1 amide bonds. The molecule has 164 valence electrons. The quantitative estimate of drug-likeness (QED) is 0.448. The number of phenols is 1. The Morgan fingerprint density at radius 3 is 2.74 bits per heavy atom. The van der Waals surface area contributed by atoms with Crippen molar-refractivity contribution in [1.29, 1.82) is 0 Å². The number of methoxy groups -OCH3 is 1. The highest BCUT2D eigenvalue weighted by atomic mass is 16.5. The maximum Gasteiger partial charge on any atom is 0.227 e. The number of aromatic hydroxyl groups is 2. The van der Waals surface area contributed by atoms with Gasteiger partial charge in [-0.25, -0.2) is 0 Å². The fraction of sp³-hybridized carbons (Fsp3) is 0.304. The van der Waals surface area contributed by atoms with Crippen LogP contribution >= 0.6 is 0 Å². The minimum atomic E-state index is -0.757. The van der Waals surface area contributed by atoms with E-state index in [1.54, 1.807) is 25.3 Å². The molecule has 0 saturated carbocycles. The zero-order valence-corrected chi connectivity index (χ0v) is 17.4. The summed E-state index contributed by atoms with van der Waals surface area (Å²) in [4.78, 5) is 24.7. The van der Waals surface area contributed by atoms with Crippen LogP contribution in [0.2, 0.25) is 0 Å². The van der Waals surface area contributed by atoms with E-state index in [1.165, 1.54) is 19.2 Å². The molecule has 0 aliphatic carbocycles. The van der Waals surface area contributed by atoms with Gasteiger partial charge in [0.2, 0.25) is 17.1 Å². The first-order chi connectivity index (χ1) is 14.9. The maximum absolute atomic E-state index is 12.6. The highest BCUT2D eigenvalue weighted by Gasteiger charge is 2.26. The summed E-state index contributed by atoms with van der Waals surface area (Å²) in [6, 6.07) is 9.43.